The minimum atomic E-state index is -0.549. The summed E-state index contributed by atoms with van der Waals surface area (Å²) in [5, 5.41) is 15.7. The summed E-state index contributed by atoms with van der Waals surface area (Å²) in [5.74, 6) is -0.939. The van der Waals surface area contributed by atoms with Crippen LogP contribution >= 0.6 is 11.6 Å². The van der Waals surface area contributed by atoms with Gasteiger partial charge in [-0.2, -0.15) is 0 Å². The van der Waals surface area contributed by atoms with Crippen LogP contribution in [-0.2, 0) is 9.59 Å². The van der Waals surface area contributed by atoms with E-state index in [1.807, 2.05) is 0 Å². The summed E-state index contributed by atoms with van der Waals surface area (Å²) >= 11 is 5.86. The molecule has 10 heteroatoms. The number of nitrogens with one attached hydrogen (secondary N) is 2. The maximum absolute atomic E-state index is 13.2. The average Bonchev–Trinajstić information content (AvgIpc) is 3.23. The van der Waals surface area contributed by atoms with Gasteiger partial charge in [-0.1, -0.05) is 23.7 Å². The van der Waals surface area contributed by atoms with Crippen molar-refractivity contribution in [2.75, 3.05) is 30.8 Å². The fraction of sp³-hybridized carbons (Fsp3) is 0.360. The lowest BCUT2D eigenvalue weighted by Crippen LogP contribution is -2.38. The Balaban J connectivity index is 1.48. The van der Waals surface area contributed by atoms with Crippen LogP contribution in [0, 0.1) is 11.8 Å². The molecule has 0 spiro atoms. The number of benzene rings is 1. The van der Waals surface area contributed by atoms with Gasteiger partial charge in [0.1, 0.15) is 17.1 Å². The van der Waals surface area contributed by atoms with E-state index in [-0.39, 0.29) is 36.0 Å². The highest BCUT2D eigenvalue weighted by Gasteiger charge is 2.32. The smallest absolute Gasteiger partial charge is 0.294 e. The van der Waals surface area contributed by atoms with Crippen LogP contribution in [0.3, 0.4) is 0 Å². The Labute approximate surface area is 207 Å². The van der Waals surface area contributed by atoms with Crippen LogP contribution in [0.25, 0.3) is 11.0 Å². The highest BCUT2D eigenvalue weighted by atomic mass is 35.5. The Morgan fingerprint density at radius 1 is 1.09 bits per heavy atom. The zero-order valence-electron chi connectivity index (χ0n) is 19.3. The zero-order valence-corrected chi connectivity index (χ0v) is 20.0. The first-order valence-electron chi connectivity index (χ1n) is 11.5. The summed E-state index contributed by atoms with van der Waals surface area (Å²) in [6.45, 7) is 0.214. The van der Waals surface area contributed by atoms with Gasteiger partial charge in [0, 0.05) is 37.0 Å². The van der Waals surface area contributed by atoms with Crippen molar-refractivity contribution in [1.82, 2.24) is 9.88 Å². The first-order valence-corrected chi connectivity index (χ1v) is 11.9. The topological polar surface area (TPSA) is 125 Å². The standard InChI is InChI=1S/C25H27ClN4O5/c1-30(12-13-31)25(34)16-8-6-15(7-9-16)23(32)29-21-18-4-2-3-5-19(18)35-22(21)24(33)28-20-11-10-17(26)14-27-20/h2-5,10-11,14-16,31H,6-9,12-13H2,1H3,(H,29,32)(H,27,28,33)/t15-,16-. The van der Waals surface area contributed by atoms with Gasteiger partial charge < -0.3 is 25.1 Å². The maximum Gasteiger partial charge on any atom is 0.294 e. The van der Waals surface area contributed by atoms with E-state index in [1.165, 1.54) is 11.1 Å². The third-order valence-electron chi connectivity index (χ3n) is 6.28. The number of nitrogens with zero attached hydrogens (tertiary/aromatic N) is 2. The number of anilines is 2. The van der Waals surface area contributed by atoms with Crippen molar-refractivity contribution in [2.45, 2.75) is 25.7 Å². The van der Waals surface area contributed by atoms with Gasteiger partial charge in [0.2, 0.25) is 17.6 Å². The molecule has 4 rings (SSSR count). The van der Waals surface area contributed by atoms with Crippen molar-refractivity contribution >= 4 is 51.8 Å². The van der Waals surface area contributed by atoms with Gasteiger partial charge in [-0.05, 0) is 49.9 Å². The molecule has 0 aliphatic heterocycles. The van der Waals surface area contributed by atoms with Gasteiger partial charge in [0.05, 0.1) is 11.6 Å². The molecule has 3 aromatic rings. The molecule has 2 heterocycles. The minimum absolute atomic E-state index is 0.00602. The molecular formula is C25H27ClN4O5. The number of furan rings is 1. The molecule has 0 bridgehead atoms. The van der Waals surface area contributed by atoms with E-state index < -0.39 is 5.91 Å². The van der Waals surface area contributed by atoms with Gasteiger partial charge in [-0.3, -0.25) is 14.4 Å². The number of halogens is 1. The number of pyridine rings is 1. The number of hydrogen-bond donors (Lipinski definition) is 3. The largest absolute Gasteiger partial charge is 0.449 e. The first kappa shape index (κ1) is 24.7. The lowest BCUT2D eigenvalue weighted by Gasteiger charge is -2.29. The lowest BCUT2D eigenvalue weighted by atomic mass is 9.81. The average molecular weight is 499 g/mol. The molecule has 1 fully saturated rings. The summed E-state index contributed by atoms with van der Waals surface area (Å²) in [5.41, 5.74) is 0.774. The van der Waals surface area contributed by atoms with Gasteiger partial charge in [-0.15, -0.1) is 0 Å². The van der Waals surface area contributed by atoms with E-state index in [1.54, 1.807) is 43.4 Å². The van der Waals surface area contributed by atoms with E-state index >= 15 is 0 Å². The Morgan fingerprint density at radius 2 is 1.80 bits per heavy atom. The van der Waals surface area contributed by atoms with Crippen molar-refractivity contribution in [3.63, 3.8) is 0 Å². The maximum atomic E-state index is 13.2. The molecule has 0 atom stereocenters. The zero-order chi connectivity index (χ0) is 24.9. The van der Waals surface area contributed by atoms with E-state index in [2.05, 4.69) is 15.6 Å². The molecule has 35 heavy (non-hydrogen) atoms. The Morgan fingerprint density at radius 3 is 2.49 bits per heavy atom. The number of hydrogen-bond acceptors (Lipinski definition) is 6. The van der Waals surface area contributed by atoms with E-state index in [4.69, 9.17) is 21.1 Å². The third-order valence-corrected chi connectivity index (χ3v) is 6.50. The van der Waals surface area contributed by atoms with Gasteiger partial charge in [0.15, 0.2) is 0 Å². The summed E-state index contributed by atoms with van der Waals surface area (Å²) in [4.78, 5) is 44.2. The normalized spacial score (nSPS) is 17.7. The van der Waals surface area contributed by atoms with Crippen molar-refractivity contribution in [1.29, 1.82) is 0 Å². The minimum Gasteiger partial charge on any atom is -0.449 e. The van der Waals surface area contributed by atoms with E-state index in [0.717, 1.165) is 0 Å². The van der Waals surface area contributed by atoms with Gasteiger partial charge in [-0.25, -0.2) is 4.98 Å². The molecule has 1 aliphatic carbocycles. The predicted octanol–water partition coefficient (Wildman–Crippen LogP) is 3.93. The Kier molecular flexibility index (Phi) is 7.67. The summed E-state index contributed by atoms with van der Waals surface area (Å²) in [7, 11) is 1.67. The summed E-state index contributed by atoms with van der Waals surface area (Å²) in [6.07, 6.45) is 3.71. The second-order valence-electron chi connectivity index (χ2n) is 8.64. The fourth-order valence-electron chi connectivity index (χ4n) is 4.35. The third kappa shape index (κ3) is 5.63. The van der Waals surface area contributed by atoms with Crippen molar-refractivity contribution < 1.29 is 23.9 Å². The van der Waals surface area contributed by atoms with Crippen LogP contribution in [0.4, 0.5) is 11.5 Å². The molecule has 0 saturated heterocycles. The van der Waals surface area contributed by atoms with E-state index in [0.29, 0.717) is 59.7 Å². The lowest BCUT2D eigenvalue weighted by molar-refractivity contribution is -0.137. The van der Waals surface area contributed by atoms with Crippen LogP contribution in [0.1, 0.15) is 36.2 Å². The van der Waals surface area contributed by atoms with Crippen LogP contribution in [0.5, 0.6) is 0 Å². The number of para-hydroxylation sites is 1. The molecule has 1 saturated carbocycles. The Bertz CT molecular complexity index is 1220. The van der Waals surface area contributed by atoms with Crippen molar-refractivity contribution in [3.8, 4) is 0 Å². The predicted molar refractivity (Wildman–Crippen MR) is 132 cm³/mol. The second-order valence-corrected chi connectivity index (χ2v) is 9.08. The number of rotatable bonds is 7. The molecular weight excluding hydrogens is 472 g/mol. The fourth-order valence-corrected chi connectivity index (χ4v) is 4.46. The highest BCUT2D eigenvalue weighted by Crippen LogP contribution is 2.34. The molecule has 1 aromatic carbocycles. The molecule has 3 amide bonds. The van der Waals surface area contributed by atoms with Crippen molar-refractivity contribution in [3.05, 3.63) is 53.4 Å². The number of likely N-dealkylation sites (N-methyl/N-ethyl adjacent to an activating group) is 1. The summed E-state index contributed by atoms with van der Waals surface area (Å²) in [6, 6.07) is 10.3. The monoisotopic (exact) mass is 498 g/mol. The van der Waals surface area contributed by atoms with Crippen LogP contribution in [0.2, 0.25) is 5.02 Å². The van der Waals surface area contributed by atoms with Crippen molar-refractivity contribution in [2.24, 2.45) is 11.8 Å². The quantitative estimate of drug-likeness (QED) is 0.453. The molecule has 9 nitrogen and oxygen atoms in total. The summed E-state index contributed by atoms with van der Waals surface area (Å²) < 4.78 is 5.79. The Hall–Kier alpha value is -3.43. The number of aliphatic hydroxyl groups excluding tert-OH is 1. The molecule has 1 aliphatic rings. The number of amides is 3. The molecule has 0 unspecified atom stereocenters. The number of aromatic nitrogens is 1. The second kappa shape index (κ2) is 10.9. The van der Waals surface area contributed by atoms with E-state index in [9.17, 15) is 14.4 Å². The van der Waals surface area contributed by atoms with Gasteiger partial charge in [0.25, 0.3) is 5.91 Å². The molecule has 3 N–H and O–H groups in total. The molecule has 0 radical (unpaired) electrons. The number of carbonyl (C=O) groups is 3. The number of carbonyl (C=O) groups excluding carboxylic acids is 3. The van der Waals surface area contributed by atoms with Crippen LogP contribution < -0.4 is 10.6 Å². The molecule has 184 valence electrons. The SMILES string of the molecule is CN(CCO)C(=O)[C@H]1CC[C@H](C(=O)Nc2c(C(=O)Nc3ccc(Cl)cn3)oc3ccccc23)CC1. The highest BCUT2D eigenvalue weighted by molar-refractivity contribution is 6.30. The molecule has 2 aromatic heterocycles. The first-order chi connectivity index (χ1) is 16.9. The van der Waals surface area contributed by atoms with Crippen LogP contribution in [-0.4, -0.2) is 52.9 Å². The van der Waals surface area contributed by atoms with Crippen LogP contribution in [0.15, 0.2) is 47.0 Å². The number of fused-ring (bicyclic) bond motifs is 1. The number of aliphatic hydroxyl groups is 1. The van der Waals surface area contributed by atoms with Gasteiger partial charge >= 0.3 is 0 Å².